The van der Waals surface area contributed by atoms with Crippen LogP contribution in [0.1, 0.15) is 12.8 Å². The molecule has 1 unspecified atom stereocenters. The van der Waals surface area contributed by atoms with Gasteiger partial charge >= 0.3 is 0 Å². The van der Waals surface area contributed by atoms with Crippen LogP contribution in [0.5, 0.6) is 0 Å². The molecule has 2 rings (SSSR count). The number of rotatable bonds is 1. The quantitative estimate of drug-likeness (QED) is 0.526. The molecule has 0 aromatic rings. The molecule has 0 spiro atoms. The van der Waals surface area contributed by atoms with Crippen LogP contribution < -0.4 is 0 Å². The highest BCUT2D eigenvalue weighted by atomic mass is 35.5. The lowest BCUT2D eigenvalue weighted by atomic mass is 10.1. The Hall–Kier alpha value is -0.490. The summed E-state index contributed by atoms with van der Waals surface area (Å²) in [6, 6.07) is 0. The van der Waals surface area contributed by atoms with Gasteiger partial charge in [0.2, 0.25) is 0 Å². The standard InChI is InChI=1S/C10H11Cl/c11-10-4-2-1-3-9(10)7-8-5-6-8/h1-4,7-8,10H,5-6H2. The molecule has 2 aliphatic carbocycles. The zero-order valence-corrected chi connectivity index (χ0v) is 7.09. The molecule has 0 saturated heterocycles. The molecule has 0 aromatic heterocycles. The summed E-state index contributed by atoms with van der Waals surface area (Å²) in [5.41, 5.74) is 1.27. The zero-order chi connectivity index (χ0) is 7.68. The first-order chi connectivity index (χ1) is 5.36. The van der Waals surface area contributed by atoms with Crippen molar-refractivity contribution in [1.82, 2.24) is 0 Å². The maximum Gasteiger partial charge on any atom is 0.0766 e. The van der Waals surface area contributed by atoms with Gasteiger partial charge in [0, 0.05) is 0 Å². The van der Waals surface area contributed by atoms with Crippen LogP contribution in [0, 0.1) is 5.92 Å². The average Bonchev–Trinajstić information content (AvgIpc) is 2.78. The summed E-state index contributed by atoms with van der Waals surface area (Å²) in [6.07, 6.45) is 13.2. The molecule has 11 heavy (non-hydrogen) atoms. The Morgan fingerprint density at radius 2 is 2.18 bits per heavy atom. The van der Waals surface area contributed by atoms with E-state index in [0.29, 0.717) is 0 Å². The highest BCUT2D eigenvalue weighted by Gasteiger charge is 2.20. The second kappa shape index (κ2) is 2.86. The summed E-state index contributed by atoms with van der Waals surface area (Å²) in [6.45, 7) is 0. The van der Waals surface area contributed by atoms with Gasteiger partial charge in [-0.05, 0) is 24.3 Å². The second-order valence-electron chi connectivity index (χ2n) is 3.15. The van der Waals surface area contributed by atoms with E-state index in [4.69, 9.17) is 11.6 Å². The predicted octanol–water partition coefficient (Wildman–Crippen LogP) is 3.06. The first kappa shape index (κ1) is 7.17. The van der Waals surface area contributed by atoms with Gasteiger partial charge < -0.3 is 0 Å². The summed E-state index contributed by atoms with van der Waals surface area (Å²) < 4.78 is 0. The van der Waals surface area contributed by atoms with Crippen molar-refractivity contribution < 1.29 is 0 Å². The molecule has 0 aliphatic heterocycles. The Balaban J connectivity index is 2.11. The van der Waals surface area contributed by atoms with E-state index in [0.717, 1.165) is 5.92 Å². The summed E-state index contributed by atoms with van der Waals surface area (Å²) in [5, 5.41) is 0.112. The minimum Gasteiger partial charge on any atom is -0.113 e. The number of hydrogen-bond donors (Lipinski definition) is 0. The summed E-state index contributed by atoms with van der Waals surface area (Å²) in [4.78, 5) is 0. The minimum atomic E-state index is 0.112. The Bertz CT molecular complexity index is 231. The maximum atomic E-state index is 6.05. The van der Waals surface area contributed by atoms with Gasteiger partial charge in [-0.1, -0.05) is 30.4 Å². The molecule has 58 valence electrons. The summed E-state index contributed by atoms with van der Waals surface area (Å²) >= 11 is 6.05. The molecule has 0 radical (unpaired) electrons. The van der Waals surface area contributed by atoms with Gasteiger partial charge in [0.05, 0.1) is 5.38 Å². The van der Waals surface area contributed by atoms with E-state index in [1.165, 1.54) is 18.4 Å². The predicted molar refractivity (Wildman–Crippen MR) is 48.7 cm³/mol. The fourth-order valence-corrected chi connectivity index (χ4v) is 1.44. The first-order valence-electron chi connectivity index (χ1n) is 4.07. The van der Waals surface area contributed by atoms with Gasteiger partial charge in [-0.25, -0.2) is 0 Å². The van der Waals surface area contributed by atoms with Crippen LogP contribution in [-0.4, -0.2) is 5.38 Å². The van der Waals surface area contributed by atoms with Crippen molar-refractivity contribution in [2.75, 3.05) is 0 Å². The molecule has 0 nitrogen and oxygen atoms in total. The van der Waals surface area contributed by atoms with E-state index in [2.05, 4.69) is 12.2 Å². The Labute approximate surface area is 72.2 Å². The fourth-order valence-electron chi connectivity index (χ4n) is 1.21. The van der Waals surface area contributed by atoms with Gasteiger partial charge in [0.15, 0.2) is 0 Å². The third-order valence-electron chi connectivity index (χ3n) is 2.05. The number of alkyl halides is 1. The third-order valence-corrected chi connectivity index (χ3v) is 2.45. The lowest BCUT2D eigenvalue weighted by molar-refractivity contribution is 1.08. The smallest absolute Gasteiger partial charge is 0.0766 e. The van der Waals surface area contributed by atoms with Crippen LogP contribution >= 0.6 is 11.6 Å². The second-order valence-corrected chi connectivity index (χ2v) is 3.62. The molecule has 1 fully saturated rings. The monoisotopic (exact) mass is 166 g/mol. The van der Waals surface area contributed by atoms with Gasteiger partial charge in [0.1, 0.15) is 0 Å². The lowest BCUT2D eigenvalue weighted by Gasteiger charge is -2.08. The summed E-state index contributed by atoms with van der Waals surface area (Å²) in [7, 11) is 0. The van der Waals surface area contributed by atoms with Gasteiger partial charge in [-0.3, -0.25) is 0 Å². The van der Waals surface area contributed by atoms with Crippen LogP contribution in [0.4, 0.5) is 0 Å². The normalized spacial score (nSPS) is 33.2. The molecule has 0 amide bonds. The Morgan fingerprint density at radius 3 is 2.82 bits per heavy atom. The summed E-state index contributed by atoms with van der Waals surface area (Å²) in [5.74, 6) is 0.822. The van der Waals surface area contributed by atoms with Crippen LogP contribution in [0.15, 0.2) is 36.0 Å². The highest BCUT2D eigenvalue weighted by Crippen LogP contribution is 2.33. The van der Waals surface area contributed by atoms with Crippen molar-refractivity contribution >= 4 is 11.6 Å². The van der Waals surface area contributed by atoms with Crippen molar-refractivity contribution in [3.05, 3.63) is 36.0 Å². The van der Waals surface area contributed by atoms with Crippen LogP contribution in [0.2, 0.25) is 0 Å². The zero-order valence-electron chi connectivity index (χ0n) is 6.33. The van der Waals surface area contributed by atoms with E-state index < -0.39 is 0 Å². The fraction of sp³-hybridized carbons (Fsp3) is 0.400. The van der Waals surface area contributed by atoms with Crippen LogP contribution in [0.25, 0.3) is 0 Å². The van der Waals surface area contributed by atoms with Crippen molar-refractivity contribution in [1.29, 1.82) is 0 Å². The molecule has 0 aromatic carbocycles. The molecular weight excluding hydrogens is 156 g/mol. The van der Waals surface area contributed by atoms with E-state index in [9.17, 15) is 0 Å². The number of halogens is 1. The van der Waals surface area contributed by atoms with Gasteiger partial charge in [0.25, 0.3) is 0 Å². The molecule has 1 atom stereocenters. The lowest BCUT2D eigenvalue weighted by Crippen LogP contribution is -1.99. The third kappa shape index (κ3) is 1.75. The topological polar surface area (TPSA) is 0 Å². The van der Waals surface area contributed by atoms with Gasteiger partial charge in [-0.2, -0.15) is 0 Å². The number of hydrogen-bond acceptors (Lipinski definition) is 0. The van der Waals surface area contributed by atoms with Crippen molar-refractivity contribution in [3.8, 4) is 0 Å². The van der Waals surface area contributed by atoms with E-state index in [-0.39, 0.29) is 5.38 Å². The molecule has 0 bridgehead atoms. The van der Waals surface area contributed by atoms with E-state index in [1.54, 1.807) is 0 Å². The minimum absolute atomic E-state index is 0.112. The van der Waals surface area contributed by atoms with E-state index >= 15 is 0 Å². The molecule has 1 saturated carbocycles. The average molecular weight is 167 g/mol. The van der Waals surface area contributed by atoms with E-state index in [1.807, 2.05) is 18.2 Å². The molecule has 0 heterocycles. The maximum absolute atomic E-state index is 6.05. The SMILES string of the molecule is ClC1C=CC=CC1=CC1CC1. The molecule has 2 aliphatic rings. The molecule has 0 N–H and O–H groups in total. The molecule has 1 heteroatoms. The van der Waals surface area contributed by atoms with Crippen molar-refractivity contribution in [2.45, 2.75) is 18.2 Å². The van der Waals surface area contributed by atoms with Crippen LogP contribution in [-0.2, 0) is 0 Å². The molecular formula is C10H11Cl. The van der Waals surface area contributed by atoms with Crippen molar-refractivity contribution in [3.63, 3.8) is 0 Å². The van der Waals surface area contributed by atoms with Gasteiger partial charge in [-0.15, -0.1) is 11.6 Å². The number of allylic oxidation sites excluding steroid dienone is 6. The largest absolute Gasteiger partial charge is 0.113 e. The Kier molecular flexibility index (Phi) is 1.87. The first-order valence-corrected chi connectivity index (χ1v) is 4.50. The highest BCUT2D eigenvalue weighted by molar-refractivity contribution is 6.24. The Morgan fingerprint density at radius 1 is 1.36 bits per heavy atom. The van der Waals surface area contributed by atoms with Crippen molar-refractivity contribution in [2.24, 2.45) is 5.92 Å². The van der Waals surface area contributed by atoms with Crippen LogP contribution in [0.3, 0.4) is 0 Å².